The SMILES string of the molecule is COc1ccc2sc(C(=O)O)c(SC3CCCC3)c2c1F. The third-order valence-electron chi connectivity index (χ3n) is 3.71. The normalized spacial score (nSPS) is 15.7. The molecule has 0 saturated heterocycles. The molecule has 0 amide bonds. The maximum atomic E-state index is 14.6. The first-order valence-corrected chi connectivity index (χ1v) is 8.50. The maximum Gasteiger partial charge on any atom is 0.347 e. The average Bonchev–Trinajstić information content (AvgIpc) is 3.08. The van der Waals surface area contributed by atoms with Crippen molar-refractivity contribution in [1.82, 2.24) is 0 Å². The van der Waals surface area contributed by atoms with Crippen LogP contribution in [0.3, 0.4) is 0 Å². The highest BCUT2D eigenvalue weighted by atomic mass is 32.2. The van der Waals surface area contributed by atoms with Crippen LogP contribution in [0.15, 0.2) is 17.0 Å². The molecule has 0 spiro atoms. The summed E-state index contributed by atoms with van der Waals surface area (Å²) in [5.74, 6) is -1.29. The first-order chi connectivity index (χ1) is 10.1. The summed E-state index contributed by atoms with van der Waals surface area (Å²) in [6.45, 7) is 0. The number of carbonyl (C=O) groups is 1. The Balaban J connectivity index is 2.16. The van der Waals surface area contributed by atoms with Gasteiger partial charge in [0.25, 0.3) is 0 Å². The molecule has 1 aliphatic rings. The van der Waals surface area contributed by atoms with Gasteiger partial charge in [0, 0.05) is 20.2 Å². The molecule has 0 atom stereocenters. The first-order valence-electron chi connectivity index (χ1n) is 6.80. The summed E-state index contributed by atoms with van der Waals surface area (Å²) in [7, 11) is 1.42. The lowest BCUT2D eigenvalue weighted by atomic mass is 10.2. The summed E-state index contributed by atoms with van der Waals surface area (Å²) < 4.78 is 20.2. The molecule has 1 aliphatic carbocycles. The topological polar surface area (TPSA) is 46.5 Å². The van der Waals surface area contributed by atoms with E-state index < -0.39 is 11.8 Å². The minimum Gasteiger partial charge on any atom is -0.494 e. The van der Waals surface area contributed by atoms with Crippen LogP contribution in [0.4, 0.5) is 4.39 Å². The fourth-order valence-corrected chi connectivity index (χ4v) is 5.37. The number of fused-ring (bicyclic) bond motifs is 1. The van der Waals surface area contributed by atoms with Crippen LogP contribution in [0.5, 0.6) is 5.75 Å². The molecular formula is C15H15FO3S2. The molecule has 2 aromatic rings. The smallest absolute Gasteiger partial charge is 0.347 e. The Morgan fingerprint density at radius 1 is 1.43 bits per heavy atom. The largest absolute Gasteiger partial charge is 0.494 e. The standard InChI is InChI=1S/C15H15FO3S2/c1-19-9-6-7-10-11(12(9)16)13(14(21-10)15(17)18)20-8-4-2-3-5-8/h6-8H,2-5H2,1H3,(H,17,18). The van der Waals surface area contributed by atoms with E-state index in [1.165, 1.54) is 18.9 Å². The van der Waals surface area contributed by atoms with E-state index in [0.717, 1.165) is 37.0 Å². The molecule has 0 aliphatic heterocycles. The Labute approximate surface area is 130 Å². The van der Waals surface area contributed by atoms with Crippen molar-refractivity contribution >= 4 is 39.2 Å². The number of thiophene rings is 1. The van der Waals surface area contributed by atoms with Crippen LogP contribution in [0.1, 0.15) is 35.4 Å². The van der Waals surface area contributed by atoms with Gasteiger partial charge in [-0.2, -0.15) is 0 Å². The molecule has 1 heterocycles. The second kappa shape index (κ2) is 5.85. The van der Waals surface area contributed by atoms with Crippen LogP contribution < -0.4 is 4.74 Å². The van der Waals surface area contributed by atoms with Crippen LogP contribution in [-0.2, 0) is 0 Å². The Kier molecular flexibility index (Phi) is 4.08. The summed E-state index contributed by atoms with van der Waals surface area (Å²) in [4.78, 5) is 12.3. The predicted octanol–water partition coefficient (Wildman–Crippen LogP) is 4.78. The Morgan fingerprint density at radius 3 is 2.76 bits per heavy atom. The minimum absolute atomic E-state index is 0.158. The van der Waals surface area contributed by atoms with Gasteiger partial charge >= 0.3 is 5.97 Å². The Hall–Kier alpha value is -1.27. The van der Waals surface area contributed by atoms with Crippen molar-refractivity contribution in [2.75, 3.05) is 7.11 Å². The van der Waals surface area contributed by atoms with Gasteiger partial charge in [-0.25, -0.2) is 9.18 Å². The summed E-state index contributed by atoms with van der Waals surface area (Å²) in [5.41, 5.74) is 0. The number of hydrogen-bond acceptors (Lipinski definition) is 4. The van der Waals surface area contributed by atoms with Gasteiger partial charge in [0.15, 0.2) is 11.6 Å². The molecular weight excluding hydrogens is 311 g/mol. The number of thioether (sulfide) groups is 1. The van der Waals surface area contributed by atoms with Crippen molar-refractivity contribution in [3.8, 4) is 5.75 Å². The molecule has 0 bridgehead atoms. The van der Waals surface area contributed by atoms with Crippen LogP contribution in [-0.4, -0.2) is 23.4 Å². The van der Waals surface area contributed by atoms with Crippen molar-refractivity contribution in [3.63, 3.8) is 0 Å². The zero-order chi connectivity index (χ0) is 15.0. The third-order valence-corrected chi connectivity index (χ3v) is 6.44. The summed E-state index contributed by atoms with van der Waals surface area (Å²) in [6, 6.07) is 3.27. The second-order valence-electron chi connectivity index (χ2n) is 5.04. The van der Waals surface area contributed by atoms with E-state index in [2.05, 4.69) is 0 Å². The van der Waals surface area contributed by atoms with E-state index in [0.29, 0.717) is 20.2 Å². The highest BCUT2D eigenvalue weighted by Crippen LogP contribution is 2.46. The van der Waals surface area contributed by atoms with Gasteiger partial charge in [-0.05, 0) is 25.0 Å². The maximum absolute atomic E-state index is 14.6. The Morgan fingerprint density at radius 2 is 2.14 bits per heavy atom. The van der Waals surface area contributed by atoms with Crippen LogP contribution in [0.2, 0.25) is 0 Å². The minimum atomic E-state index is -0.991. The number of carboxylic acids is 1. The highest BCUT2D eigenvalue weighted by Gasteiger charge is 2.26. The molecule has 0 unspecified atom stereocenters. The van der Waals surface area contributed by atoms with Crippen molar-refractivity contribution in [2.24, 2.45) is 0 Å². The quantitative estimate of drug-likeness (QED) is 0.878. The number of aromatic carboxylic acids is 1. The van der Waals surface area contributed by atoms with E-state index in [9.17, 15) is 14.3 Å². The van der Waals surface area contributed by atoms with Crippen LogP contribution in [0, 0.1) is 5.82 Å². The molecule has 1 fully saturated rings. The van der Waals surface area contributed by atoms with Crippen LogP contribution >= 0.6 is 23.1 Å². The lowest BCUT2D eigenvalue weighted by Gasteiger charge is -2.10. The molecule has 21 heavy (non-hydrogen) atoms. The molecule has 6 heteroatoms. The lowest BCUT2D eigenvalue weighted by Crippen LogP contribution is -1.99. The number of hydrogen-bond donors (Lipinski definition) is 1. The second-order valence-corrected chi connectivity index (χ2v) is 7.41. The van der Waals surface area contributed by atoms with Gasteiger partial charge in [-0.15, -0.1) is 23.1 Å². The van der Waals surface area contributed by atoms with Crippen molar-refractivity contribution in [1.29, 1.82) is 0 Å². The lowest BCUT2D eigenvalue weighted by molar-refractivity contribution is 0.0699. The zero-order valence-corrected chi connectivity index (χ0v) is 13.2. The summed E-state index contributed by atoms with van der Waals surface area (Å²) in [6.07, 6.45) is 4.45. The molecule has 0 radical (unpaired) electrons. The number of halogens is 1. The molecule has 1 saturated carbocycles. The van der Waals surface area contributed by atoms with E-state index in [-0.39, 0.29) is 10.6 Å². The van der Waals surface area contributed by atoms with Crippen molar-refractivity contribution in [2.45, 2.75) is 35.8 Å². The van der Waals surface area contributed by atoms with Gasteiger partial charge in [-0.3, -0.25) is 0 Å². The van der Waals surface area contributed by atoms with Crippen molar-refractivity contribution in [3.05, 3.63) is 22.8 Å². The van der Waals surface area contributed by atoms with Crippen molar-refractivity contribution < 1.29 is 19.0 Å². The third kappa shape index (κ3) is 2.62. The fourth-order valence-electron chi connectivity index (χ4n) is 2.69. The molecule has 3 rings (SSSR count). The number of rotatable bonds is 4. The number of carboxylic acid groups (broad SMARTS) is 1. The fraction of sp³-hybridized carbons (Fsp3) is 0.400. The van der Waals surface area contributed by atoms with E-state index in [4.69, 9.17) is 4.74 Å². The monoisotopic (exact) mass is 326 g/mol. The van der Waals surface area contributed by atoms with Crippen LogP contribution in [0.25, 0.3) is 10.1 Å². The van der Waals surface area contributed by atoms with Gasteiger partial charge < -0.3 is 9.84 Å². The Bertz CT molecular complexity index is 690. The van der Waals surface area contributed by atoms with E-state index in [1.54, 1.807) is 12.1 Å². The van der Waals surface area contributed by atoms with Gasteiger partial charge in [-0.1, -0.05) is 12.8 Å². The first kappa shape index (κ1) is 14.7. The summed E-state index contributed by atoms with van der Waals surface area (Å²) in [5, 5.41) is 10.2. The number of methoxy groups -OCH3 is 1. The average molecular weight is 326 g/mol. The van der Waals surface area contributed by atoms with E-state index in [1.807, 2.05) is 0 Å². The van der Waals surface area contributed by atoms with Gasteiger partial charge in [0.05, 0.1) is 7.11 Å². The van der Waals surface area contributed by atoms with E-state index >= 15 is 0 Å². The number of ether oxygens (including phenoxy) is 1. The molecule has 112 valence electrons. The van der Waals surface area contributed by atoms with Gasteiger partial charge in [0.2, 0.25) is 0 Å². The molecule has 1 aromatic carbocycles. The molecule has 1 N–H and O–H groups in total. The summed E-state index contributed by atoms with van der Waals surface area (Å²) >= 11 is 2.64. The molecule has 1 aromatic heterocycles. The zero-order valence-electron chi connectivity index (χ0n) is 11.5. The molecule has 3 nitrogen and oxygen atoms in total. The van der Waals surface area contributed by atoms with Gasteiger partial charge in [0.1, 0.15) is 4.88 Å². The number of benzene rings is 1. The highest BCUT2D eigenvalue weighted by molar-refractivity contribution is 8.00. The predicted molar refractivity (Wildman–Crippen MR) is 83.4 cm³/mol.